The van der Waals surface area contributed by atoms with Crippen LogP contribution in [0.5, 0.6) is 0 Å². The molecule has 2 rings (SSSR count). The van der Waals surface area contributed by atoms with E-state index >= 15 is 0 Å². The third kappa shape index (κ3) is 4.00. The minimum Gasteiger partial charge on any atom is -0.393 e. The molecule has 1 aromatic carbocycles. The number of aliphatic hydroxyl groups excluding tert-OH is 1. The number of aliphatic hydroxyl groups is 1. The molecule has 0 unspecified atom stereocenters. The molecular formula is C16H23NO2S. The highest BCUT2D eigenvalue weighted by atomic mass is 32.2. The highest BCUT2D eigenvalue weighted by Gasteiger charge is 2.28. The summed E-state index contributed by atoms with van der Waals surface area (Å²) >= 11 is 1.61. The van der Waals surface area contributed by atoms with E-state index in [4.69, 9.17) is 0 Å². The molecule has 1 saturated carbocycles. The first kappa shape index (κ1) is 15.4. The molecule has 20 heavy (non-hydrogen) atoms. The Morgan fingerprint density at radius 1 is 1.40 bits per heavy atom. The first-order chi connectivity index (χ1) is 9.45. The third-order valence-electron chi connectivity index (χ3n) is 3.86. The molecule has 0 saturated heterocycles. The van der Waals surface area contributed by atoms with E-state index in [0.717, 1.165) is 19.4 Å². The van der Waals surface area contributed by atoms with E-state index < -0.39 is 0 Å². The highest BCUT2D eigenvalue weighted by molar-refractivity contribution is 8.00. The Hall–Kier alpha value is -1.00. The number of thioether (sulfide) groups is 1. The van der Waals surface area contributed by atoms with Crippen molar-refractivity contribution in [3.63, 3.8) is 0 Å². The third-order valence-corrected chi connectivity index (χ3v) is 5.01. The molecule has 1 amide bonds. The van der Waals surface area contributed by atoms with Crippen molar-refractivity contribution in [1.29, 1.82) is 0 Å². The van der Waals surface area contributed by atoms with E-state index in [1.807, 2.05) is 7.05 Å². The van der Waals surface area contributed by atoms with Crippen molar-refractivity contribution in [2.75, 3.05) is 19.3 Å². The van der Waals surface area contributed by atoms with E-state index in [2.05, 4.69) is 32.0 Å². The SMILES string of the molecule is Cc1ccc(C)c(SCC(=O)N(C)CC2CC(O)C2)c1. The summed E-state index contributed by atoms with van der Waals surface area (Å²) in [6.45, 7) is 4.91. The standard InChI is InChI=1S/C16H23NO2S/c1-11-4-5-12(2)15(6-11)20-10-16(19)17(3)9-13-7-14(18)8-13/h4-6,13-14,18H,7-10H2,1-3H3. The van der Waals surface area contributed by atoms with Gasteiger partial charge in [-0.3, -0.25) is 4.79 Å². The quantitative estimate of drug-likeness (QED) is 0.848. The van der Waals surface area contributed by atoms with E-state index in [-0.39, 0.29) is 12.0 Å². The summed E-state index contributed by atoms with van der Waals surface area (Å²) in [6, 6.07) is 6.33. The number of hydrogen-bond acceptors (Lipinski definition) is 3. The lowest BCUT2D eigenvalue weighted by Gasteiger charge is -2.34. The fraction of sp³-hybridized carbons (Fsp3) is 0.562. The molecule has 0 spiro atoms. The van der Waals surface area contributed by atoms with E-state index in [9.17, 15) is 9.90 Å². The van der Waals surface area contributed by atoms with Crippen LogP contribution >= 0.6 is 11.8 Å². The van der Waals surface area contributed by atoms with Crippen LogP contribution in [-0.2, 0) is 4.79 Å². The zero-order valence-electron chi connectivity index (χ0n) is 12.4. The normalized spacial score (nSPS) is 21.4. The predicted octanol–water partition coefficient (Wildman–Crippen LogP) is 2.62. The Balaban J connectivity index is 1.80. The number of carbonyl (C=O) groups is 1. The van der Waals surface area contributed by atoms with E-state index in [1.54, 1.807) is 16.7 Å². The average molecular weight is 293 g/mol. The summed E-state index contributed by atoms with van der Waals surface area (Å²) in [5, 5.41) is 9.27. The molecule has 1 N–H and O–H groups in total. The first-order valence-electron chi connectivity index (χ1n) is 7.07. The smallest absolute Gasteiger partial charge is 0.232 e. The van der Waals surface area contributed by atoms with Gasteiger partial charge in [0.05, 0.1) is 11.9 Å². The molecule has 0 atom stereocenters. The molecule has 0 aromatic heterocycles. The summed E-state index contributed by atoms with van der Waals surface area (Å²) < 4.78 is 0. The molecule has 3 nitrogen and oxygen atoms in total. The highest BCUT2D eigenvalue weighted by Crippen LogP contribution is 2.28. The van der Waals surface area contributed by atoms with Gasteiger partial charge in [-0.25, -0.2) is 0 Å². The second-order valence-corrected chi connectivity index (χ2v) is 6.84. The zero-order valence-corrected chi connectivity index (χ0v) is 13.2. The van der Waals surface area contributed by atoms with Crippen LogP contribution in [0.1, 0.15) is 24.0 Å². The molecule has 1 aromatic rings. The van der Waals surface area contributed by atoms with Crippen molar-refractivity contribution < 1.29 is 9.90 Å². The van der Waals surface area contributed by atoms with Crippen molar-refractivity contribution in [3.05, 3.63) is 29.3 Å². The van der Waals surface area contributed by atoms with E-state index in [1.165, 1.54) is 16.0 Å². The second-order valence-electron chi connectivity index (χ2n) is 5.82. The van der Waals surface area contributed by atoms with Crippen LogP contribution in [-0.4, -0.2) is 41.4 Å². The van der Waals surface area contributed by atoms with Gasteiger partial charge in [-0.1, -0.05) is 17.7 Å². The summed E-state index contributed by atoms with van der Waals surface area (Å²) in [5.41, 5.74) is 2.44. The van der Waals surface area contributed by atoms with Crippen LogP contribution in [0.3, 0.4) is 0 Å². The van der Waals surface area contributed by atoms with Crippen LogP contribution < -0.4 is 0 Å². The Kier molecular flexibility index (Phi) is 5.11. The van der Waals surface area contributed by atoms with Crippen LogP contribution in [0.25, 0.3) is 0 Å². The fourth-order valence-corrected chi connectivity index (χ4v) is 3.52. The zero-order chi connectivity index (χ0) is 14.7. The molecule has 0 heterocycles. The van der Waals surface area contributed by atoms with Gasteiger partial charge in [0.15, 0.2) is 0 Å². The molecule has 4 heteroatoms. The van der Waals surface area contributed by atoms with E-state index in [0.29, 0.717) is 11.7 Å². The second kappa shape index (κ2) is 6.64. The van der Waals surface area contributed by atoms with Gasteiger partial charge in [0.2, 0.25) is 5.91 Å². The molecule has 0 aliphatic heterocycles. The van der Waals surface area contributed by atoms with Crippen LogP contribution in [0.4, 0.5) is 0 Å². The van der Waals surface area contributed by atoms with Crippen molar-refractivity contribution in [2.45, 2.75) is 37.7 Å². The van der Waals surface area contributed by atoms with Crippen LogP contribution in [0.15, 0.2) is 23.1 Å². The van der Waals surface area contributed by atoms with Gasteiger partial charge in [-0.15, -0.1) is 11.8 Å². The molecule has 1 aliphatic carbocycles. The van der Waals surface area contributed by atoms with Gasteiger partial charge in [-0.05, 0) is 44.2 Å². The Morgan fingerprint density at radius 2 is 2.10 bits per heavy atom. The number of aryl methyl sites for hydroxylation is 2. The lowest BCUT2D eigenvalue weighted by Crippen LogP contribution is -2.40. The Morgan fingerprint density at radius 3 is 2.75 bits per heavy atom. The monoisotopic (exact) mass is 293 g/mol. The molecule has 0 bridgehead atoms. The van der Waals surface area contributed by atoms with Crippen LogP contribution in [0, 0.1) is 19.8 Å². The fourth-order valence-electron chi connectivity index (χ4n) is 2.45. The largest absolute Gasteiger partial charge is 0.393 e. The average Bonchev–Trinajstić information content (AvgIpc) is 2.37. The summed E-state index contributed by atoms with van der Waals surface area (Å²) in [7, 11) is 1.86. The minimum absolute atomic E-state index is 0.146. The number of benzene rings is 1. The van der Waals surface area contributed by atoms with Gasteiger partial charge >= 0.3 is 0 Å². The lowest BCUT2D eigenvalue weighted by atomic mass is 9.82. The summed E-state index contributed by atoms with van der Waals surface area (Å²) in [6.07, 6.45) is 1.52. The predicted molar refractivity (Wildman–Crippen MR) is 83.0 cm³/mol. The van der Waals surface area contributed by atoms with Gasteiger partial charge < -0.3 is 10.0 Å². The number of hydrogen-bond donors (Lipinski definition) is 1. The van der Waals surface area contributed by atoms with Gasteiger partial charge in [0.1, 0.15) is 0 Å². The number of nitrogens with zero attached hydrogens (tertiary/aromatic N) is 1. The van der Waals surface area contributed by atoms with Gasteiger partial charge in [0, 0.05) is 18.5 Å². The minimum atomic E-state index is -0.146. The van der Waals surface area contributed by atoms with Crippen molar-refractivity contribution >= 4 is 17.7 Å². The topological polar surface area (TPSA) is 40.5 Å². The summed E-state index contributed by atoms with van der Waals surface area (Å²) in [4.78, 5) is 15.1. The Bertz CT molecular complexity index is 483. The molecule has 1 aliphatic rings. The number of rotatable bonds is 5. The van der Waals surface area contributed by atoms with Gasteiger partial charge in [0.25, 0.3) is 0 Å². The Labute approximate surface area is 125 Å². The van der Waals surface area contributed by atoms with Crippen LogP contribution in [0.2, 0.25) is 0 Å². The molecular weight excluding hydrogens is 270 g/mol. The maximum atomic E-state index is 12.1. The lowest BCUT2D eigenvalue weighted by molar-refractivity contribution is -0.128. The van der Waals surface area contributed by atoms with Crippen molar-refractivity contribution in [1.82, 2.24) is 4.90 Å². The molecule has 0 radical (unpaired) electrons. The van der Waals surface area contributed by atoms with Crippen molar-refractivity contribution in [2.24, 2.45) is 5.92 Å². The maximum Gasteiger partial charge on any atom is 0.232 e. The number of carbonyl (C=O) groups excluding carboxylic acids is 1. The number of amides is 1. The molecule has 110 valence electrons. The van der Waals surface area contributed by atoms with Crippen molar-refractivity contribution in [3.8, 4) is 0 Å². The first-order valence-corrected chi connectivity index (χ1v) is 8.06. The molecule has 1 fully saturated rings. The summed E-state index contributed by atoms with van der Waals surface area (Å²) in [5.74, 6) is 1.12. The maximum absolute atomic E-state index is 12.1. The van der Waals surface area contributed by atoms with Gasteiger partial charge in [-0.2, -0.15) is 0 Å².